The molecule has 23 heavy (non-hydrogen) atoms. The van der Waals surface area contributed by atoms with E-state index < -0.39 is 0 Å². The molecule has 4 rings (SSSR count). The van der Waals surface area contributed by atoms with Crippen molar-refractivity contribution in [3.63, 3.8) is 0 Å². The minimum absolute atomic E-state index is 0.281. The van der Waals surface area contributed by atoms with Gasteiger partial charge in [0.2, 0.25) is 0 Å². The molecule has 1 aliphatic carbocycles. The Balaban J connectivity index is 1.66. The SMILES string of the molecule is C[C@H]1CCc2c(sc3ncnc(N4CC[NH+](CCO)CC4)c23)C1. The van der Waals surface area contributed by atoms with Crippen molar-refractivity contribution in [1.29, 1.82) is 0 Å². The van der Waals surface area contributed by atoms with Gasteiger partial charge in [-0.15, -0.1) is 11.3 Å². The molecular formula is C17H25N4OS+. The summed E-state index contributed by atoms with van der Waals surface area (Å²) in [6.45, 7) is 7.68. The Kier molecular flexibility index (Phi) is 4.22. The summed E-state index contributed by atoms with van der Waals surface area (Å²) in [6.07, 6.45) is 5.38. The number of aromatic nitrogens is 2. The van der Waals surface area contributed by atoms with Gasteiger partial charge in [-0.1, -0.05) is 6.92 Å². The third kappa shape index (κ3) is 2.84. The molecule has 124 valence electrons. The van der Waals surface area contributed by atoms with E-state index in [9.17, 15) is 0 Å². The van der Waals surface area contributed by atoms with Gasteiger partial charge < -0.3 is 14.9 Å². The fourth-order valence-electron chi connectivity index (χ4n) is 3.94. The van der Waals surface area contributed by atoms with Crippen LogP contribution >= 0.6 is 11.3 Å². The van der Waals surface area contributed by atoms with Crippen molar-refractivity contribution in [1.82, 2.24) is 9.97 Å². The number of aliphatic hydroxyl groups excluding tert-OH is 1. The van der Waals surface area contributed by atoms with Gasteiger partial charge >= 0.3 is 0 Å². The van der Waals surface area contributed by atoms with E-state index in [1.54, 1.807) is 6.33 Å². The summed E-state index contributed by atoms with van der Waals surface area (Å²) in [5.41, 5.74) is 1.52. The zero-order chi connectivity index (χ0) is 15.8. The molecule has 1 saturated heterocycles. The molecule has 0 unspecified atom stereocenters. The second-order valence-corrected chi connectivity index (χ2v) is 8.02. The first kappa shape index (κ1) is 15.3. The molecule has 3 heterocycles. The molecular weight excluding hydrogens is 308 g/mol. The standard InChI is InChI=1S/C17H24N4OS/c1-12-2-3-13-14(10-12)23-17-15(13)16(18-11-19-17)21-6-4-20(5-7-21)8-9-22/h11-12,22H,2-10H2,1H3/p+1/t12-/m0/s1. The molecule has 0 bridgehead atoms. The number of hydrogen-bond donors (Lipinski definition) is 2. The fraction of sp³-hybridized carbons (Fsp3) is 0.647. The summed E-state index contributed by atoms with van der Waals surface area (Å²) < 4.78 is 0. The number of anilines is 1. The highest BCUT2D eigenvalue weighted by molar-refractivity contribution is 7.19. The largest absolute Gasteiger partial charge is 0.391 e. The topological polar surface area (TPSA) is 53.7 Å². The van der Waals surface area contributed by atoms with Gasteiger partial charge in [-0.3, -0.25) is 0 Å². The number of hydrogen-bond acceptors (Lipinski definition) is 5. The van der Waals surface area contributed by atoms with Gasteiger partial charge in [-0.2, -0.15) is 0 Å². The molecule has 2 aliphatic rings. The summed E-state index contributed by atoms with van der Waals surface area (Å²) in [4.78, 5) is 15.8. The normalized spacial score (nSPS) is 22.5. The lowest BCUT2D eigenvalue weighted by atomic mass is 9.89. The van der Waals surface area contributed by atoms with Gasteiger partial charge in [0.15, 0.2) is 0 Å². The number of nitrogens with one attached hydrogen (secondary N) is 1. The first-order chi connectivity index (χ1) is 11.3. The van der Waals surface area contributed by atoms with Gasteiger partial charge in [0.05, 0.1) is 38.2 Å². The molecule has 1 atom stereocenters. The van der Waals surface area contributed by atoms with Crippen LogP contribution in [-0.2, 0) is 12.8 Å². The number of piperazine rings is 1. The maximum atomic E-state index is 9.12. The molecule has 1 fully saturated rings. The molecule has 1 aliphatic heterocycles. The quantitative estimate of drug-likeness (QED) is 0.860. The van der Waals surface area contributed by atoms with E-state index >= 15 is 0 Å². The Morgan fingerprint density at radius 1 is 1.35 bits per heavy atom. The van der Waals surface area contributed by atoms with Crippen LogP contribution in [0.2, 0.25) is 0 Å². The number of nitrogens with zero attached hydrogens (tertiary/aromatic N) is 3. The molecule has 0 aromatic carbocycles. The zero-order valence-electron chi connectivity index (χ0n) is 13.7. The van der Waals surface area contributed by atoms with Gasteiger partial charge in [0, 0.05) is 4.88 Å². The molecule has 6 heteroatoms. The van der Waals surface area contributed by atoms with Crippen molar-refractivity contribution < 1.29 is 10.0 Å². The summed E-state index contributed by atoms with van der Waals surface area (Å²) in [5, 5.41) is 10.4. The Labute approximate surface area is 141 Å². The van der Waals surface area contributed by atoms with Crippen molar-refractivity contribution in [2.75, 3.05) is 44.2 Å². The predicted molar refractivity (Wildman–Crippen MR) is 93.5 cm³/mol. The van der Waals surface area contributed by atoms with E-state index in [-0.39, 0.29) is 6.61 Å². The highest BCUT2D eigenvalue weighted by Gasteiger charge is 2.27. The number of rotatable bonds is 3. The van der Waals surface area contributed by atoms with E-state index in [1.165, 1.54) is 44.8 Å². The first-order valence-corrected chi connectivity index (χ1v) is 9.52. The van der Waals surface area contributed by atoms with E-state index in [4.69, 9.17) is 5.11 Å². The Morgan fingerprint density at radius 2 is 2.17 bits per heavy atom. The molecule has 0 radical (unpaired) electrons. The molecule has 2 aromatic heterocycles. The summed E-state index contributed by atoms with van der Waals surface area (Å²) >= 11 is 1.87. The van der Waals surface area contributed by atoms with Crippen molar-refractivity contribution in [3.05, 3.63) is 16.8 Å². The van der Waals surface area contributed by atoms with Crippen LogP contribution in [0.5, 0.6) is 0 Å². The number of aliphatic hydroxyl groups is 1. The zero-order valence-corrected chi connectivity index (χ0v) is 14.5. The molecule has 0 amide bonds. The van der Waals surface area contributed by atoms with Gasteiger partial charge in [0.1, 0.15) is 23.5 Å². The van der Waals surface area contributed by atoms with Gasteiger partial charge in [-0.25, -0.2) is 9.97 Å². The van der Waals surface area contributed by atoms with Crippen molar-refractivity contribution in [3.8, 4) is 0 Å². The van der Waals surface area contributed by atoms with Gasteiger partial charge in [0.25, 0.3) is 0 Å². The number of aryl methyl sites for hydroxylation is 1. The summed E-state index contributed by atoms with van der Waals surface area (Å²) in [5.74, 6) is 1.93. The van der Waals surface area contributed by atoms with Crippen LogP contribution in [0.25, 0.3) is 10.2 Å². The second kappa shape index (κ2) is 6.34. The Bertz CT molecular complexity index is 693. The van der Waals surface area contributed by atoms with Crippen LogP contribution in [-0.4, -0.2) is 54.4 Å². The maximum absolute atomic E-state index is 9.12. The Morgan fingerprint density at radius 3 is 2.96 bits per heavy atom. The lowest BCUT2D eigenvalue weighted by Gasteiger charge is -2.33. The van der Waals surface area contributed by atoms with Crippen LogP contribution in [0.15, 0.2) is 6.33 Å². The average Bonchev–Trinajstić information content (AvgIpc) is 2.93. The highest BCUT2D eigenvalue weighted by atomic mass is 32.1. The summed E-state index contributed by atoms with van der Waals surface area (Å²) in [6, 6.07) is 0. The lowest BCUT2D eigenvalue weighted by Crippen LogP contribution is -3.15. The minimum Gasteiger partial charge on any atom is -0.391 e. The molecule has 2 N–H and O–H groups in total. The lowest BCUT2D eigenvalue weighted by molar-refractivity contribution is -0.900. The third-order valence-corrected chi connectivity index (χ3v) is 6.47. The molecule has 5 nitrogen and oxygen atoms in total. The summed E-state index contributed by atoms with van der Waals surface area (Å²) in [7, 11) is 0. The molecule has 0 saturated carbocycles. The third-order valence-electron chi connectivity index (χ3n) is 5.31. The minimum atomic E-state index is 0.281. The number of thiophene rings is 1. The van der Waals surface area contributed by atoms with Crippen LogP contribution in [0.1, 0.15) is 23.8 Å². The van der Waals surface area contributed by atoms with E-state index in [0.717, 1.165) is 44.5 Å². The Hall–Kier alpha value is -1.24. The monoisotopic (exact) mass is 333 g/mol. The van der Waals surface area contributed by atoms with Crippen LogP contribution in [0.3, 0.4) is 0 Å². The van der Waals surface area contributed by atoms with Crippen molar-refractivity contribution >= 4 is 27.4 Å². The van der Waals surface area contributed by atoms with Crippen molar-refractivity contribution in [2.45, 2.75) is 26.2 Å². The van der Waals surface area contributed by atoms with Crippen molar-refractivity contribution in [2.24, 2.45) is 5.92 Å². The molecule has 2 aromatic rings. The predicted octanol–water partition coefficient (Wildman–Crippen LogP) is 0.513. The van der Waals surface area contributed by atoms with Crippen LogP contribution < -0.4 is 9.80 Å². The van der Waals surface area contributed by atoms with Crippen LogP contribution in [0.4, 0.5) is 5.82 Å². The highest BCUT2D eigenvalue weighted by Crippen LogP contribution is 2.40. The fourth-order valence-corrected chi connectivity index (χ4v) is 5.29. The van der Waals surface area contributed by atoms with Crippen LogP contribution in [0, 0.1) is 5.92 Å². The molecule has 0 spiro atoms. The van der Waals surface area contributed by atoms with E-state index in [1.807, 2.05) is 11.3 Å². The van der Waals surface area contributed by atoms with E-state index in [2.05, 4.69) is 21.8 Å². The van der Waals surface area contributed by atoms with E-state index in [0.29, 0.717) is 0 Å². The maximum Gasteiger partial charge on any atom is 0.141 e. The first-order valence-electron chi connectivity index (χ1n) is 8.71. The smallest absolute Gasteiger partial charge is 0.141 e. The van der Waals surface area contributed by atoms with Gasteiger partial charge in [-0.05, 0) is 30.7 Å². The number of fused-ring (bicyclic) bond motifs is 3. The number of quaternary nitrogens is 1. The second-order valence-electron chi connectivity index (χ2n) is 6.94. The average molecular weight is 333 g/mol.